The highest BCUT2D eigenvalue weighted by atomic mass is 32.2. The summed E-state index contributed by atoms with van der Waals surface area (Å²) in [5, 5.41) is 1.10. The molecule has 0 saturated heterocycles. The summed E-state index contributed by atoms with van der Waals surface area (Å²) in [6, 6.07) is 12.4. The Morgan fingerprint density at radius 2 is 1.62 bits per heavy atom. The molecule has 0 bridgehead atoms. The van der Waals surface area contributed by atoms with Crippen molar-refractivity contribution in [2.45, 2.75) is 19.8 Å². The van der Waals surface area contributed by atoms with E-state index in [1.54, 1.807) is 12.1 Å². The van der Waals surface area contributed by atoms with Gasteiger partial charge in [0.05, 0.1) is 0 Å². The Labute approximate surface area is 150 Å². The molecule has 26 heavy (non-hydrogen) atoms. The van der Waals surface area contributed by atoms with Crippen molar-refractivity contribution in [1.29, 1.82) is 0 Å². The van der Waals surface area contributed by atoms with E-state index in [-0.39, 0.29) is 12.3 Å². The molecule has 0 heterocycles. The van der Waals surface area contributed by atoms with E-state index in [1.165, 1.54) is 25.3 Å². The molecule has 0 atom stereocenters. The van der Waals surface area contributed by atoms with Crippen molar-refractivity contribution in [3.8, 4) is 5.75 Å². The number of nitrogens with zero attached hydrogens (tertiary/aromatic N) is 1. The fraction of sp³-hybridized carbons (Fsp3) is 0.222. The van der Waals surface area contributed by atoms with E-state index in [0.29, 0.717) is 5.56 Å². The van der Waals surface area contributed by atoms with Gasteiger partial charge < -0.3 is 4.74 Å². The lowest BCUT2D eigenvalue weighted by Gasteiger charge is -2.15. The van der Waals surface area contributed by atoms with Crippen LogP contribution in [0.2, 0.25) is 0 Å². The van der Waals surface area contributed by atoms with Gasteiger partial charge in [0.2, 0.25) is 10.0 Å². The Kier molecular flexibility index (Phi) is 6.09. The number of rotatable bonds is 6. The molecule has 140 valence electrons. The van der Waals surface area contributed by atoms with Gasteiger partial charge in [-0.1, -0.05) is 42.0 Å². The van der Waals surface area contributed by atoms with E-state index < -0.39 is 16.4 Å². The molecule has 2 aromatic rings. The van der Waals surface area contributed by atoms with Gasteiger partial charge in [-0.05, 0) is 36.3 Å². The minimum absolute atomic E-state index is 0.0207. The van der Waals surface area contributed by atoms with Crippen LogP contribution in [0.1, 0.15) is 16.7 Å². The summed E-state index contributed by atoms with van der Waals surface area (Å²) in [5.41, 5.74) is 2.36. The van der Waals surface area contributed by atoms with Gasteiger partial charge in [0, 0.05) is 19.0 Å². The second-order valence-corrected chi connectivity index (χ2v) is 7.63. The number of alkyl halides is 3. The maximum Gasteiger partial charge on any atom is 0.573 e. The molecule has 0 unspecified atom stereocenters. The summed E-state index contributed by atoms with van der Waals surface area (Å²) in [7, 11) is -2.27. The summed E-state index contributed by atoms with van der Waals surface area (Å²) in [6.07, 6.45) is -3.27. The van der Waals surface area contributed by atoms with Gasteiger partial charge in [-0.15, -0.1) is 13.2 Å². The summed E-state index contributed by atoms with van der Waals surface area (Å²) in [5.74, 6) is -0.356. The molecule has 0 spiro atoms. The predicted molar refractivity (Wildman–Crippen MR) is 93.7 cm³/mol. The fourth-order valence-corrected chi connectivity index (χ4v) is 2.96. The quantitative estimate of drug-likeness (QED) is 0.744. The molecule has 0 fully saturated rings. The number of halogens is 3. The first-order valence-corrected chi connectivity index (χ1v) is 9.11. The normalized spacial score (nSPS) is 12.7. The van der Waals surface area contributed by atoms with Crippen LogP contribution in [-0.4, -0.2) is 26.1 Å². The lowest BCUT2D eigenvalue weighted by atomic mass is 10.2. The zero-order chi connectivity index (χ0) is 19.4. The largest absolute Gasteiger partial charge is 0.573 e. The van der Waals surface area contributed by atoms with E-state index in [0.717, 1.165) is 33.0 Å². The van der Waals surface area contributed by atoms with Crippen LogP contribution in [0.15, 0.2) is 53.9 Å². The third kappa shape index (κ3) is 6.20. The van der Waals surface area contributed by atoms with Gasteiger partial charge in [-0.25, -0.2) is 8.42 Å². The summed E-state index contributed by atoms with van der Waals surface area (Å²) < 4.78 is 65.9. The maximum atomic E-state index is 12.3. The van der Waals surface area contributed by atoms with Gasteiger partial charge in [0.15, 0.2) is 0 Å². The molecule has 0 N–H and O–H groups in total. The van der Waals surface area contributed by atoms with Crippen LogP contribution in [0.25, 0.3) is 6.08 Å². The van der Waals surface area contributed by atoms with Crippen molar-refractivity contribution in [1.82, 2.24) is 4.31 Å². The van der Waals surface area contributed by atoms with Gasteiger partial charge >= 0.3 is 6.36 Å². The molecular formula is C18H18F3NO3S. The molecule has 0 aliphatic rings. The minimum Gasteiger partial charge on any atom is -0.406 e. The van der Waals surface area contributed by atoms with Crippen LogP contribution in [0.3, 0.4) is 0 Å². The van der Waals surface area contributed by atoms with Crippen LogP contribution in [-0.2, 0) is 16.6 Å². The first kappa shape index (κ1) is 20.0. The fourth-order valence-electron chi connectivity index (χ4n) is 2.09. The third-order valence-electron chi connectivity index (χ3n) is 3.51. The number of benzene rings is 2. The number of aryl methyl sites for hydroxylation is 1. The van der Waals surface area contributed by atoms with Gasteiger partial charge in [0.25, 0.3) is 0 Å². The first-order valence-electron chi connectivity index (χ1n) is 7.61. The zero-order valence-corrected chi connectivity index (χ0v) is 15.0. The van der Waals surface area contributed by atoms with Crippen molar-refractivity contribution < 1.29 is 26.3 Å². The second kappa shape index (κ2) is 7.92. The highest BCUT2D eigenvalue weighted by Gasteiger charge is 2.31. The molecule has 0 amide bonds. The van der Waals surface area contributed by atoms with Crippen LogP contribution < -0.4 is 4.74 Å². The Bertz CT molecular complexity index is 858. The number of ether oxygens (including phenoxy) is 1. The Morgan fingerprint density at radius 3 is 2.15 bits per heavy atom. The van der Waals surface area contributed by atoms with Crippen LogP contribution in [0.4, 0.5) is 13.2 Å². The van der Waals surface area contributed by atoms with E-state index >= 15 is 0 Å². The maximum absolute atomic E-state index is 12.3. The van der Waals surface area contributed by atoms with Crippen molar-refractivity contribution >= 4 is 16.1 Å². The predicted octanol–water partition coefficient (Wildman–Crippen LogP) is 4.33. The van der Waals surface area contributed by atoms with Gasteiger partial charge in [-0.2, -0.15) is 4.31 Å². The summed E-state index contributed by atoms with van der Waals surface area (Å²) in [6.45, 7) is 1.95. The highest BCUT2D eigenvalue weighted by molar-refractivity contribution is 7.92. The van der Waals surface area contributed by atoms with Gasteiger partial charge in [0.1, 0.15) is 5.75 Å². The lowest BCUT2D eigenvalue weighted by Crippen LogP contribution is -2.24. The Balaban J connectivity index is 2.03. The second-order valence-electron chi connectivity index (χ2n) is 5.71. The van der Waals surface area contributed by atoms with Crippen LogP contribution in [0, 0.1) is 6.92 Å². The van der Waals surface area contributed by atoms with Crippen molar-refractivity contribution in [2.24, 2.45) is 0 Å². The first-order chi connectivity index (χ1) is 12.0. The summed E-state index contributed by atoms with van der Waals surface area (Å²) >= 11 is 0. The highest BCUT2D eigenvalue weighted by Crippen LogP contribution is 2.23. The van der Waals surface area contributed by atoms with E-state index in [4.69, 9.17) is 0 Å². The summed E-state index contributed by atoms with van der Waals surface area (Å²) in [4.78, 5) is 0. The molecular weight excluding hydrogens is 367 g/mol. The molecule has 4 nitrogen and oxygen atoms in total. The topological polar surface area (TPSA) is 46.6 Å². The van der Waals surface area contributed by atoms with Gasteiger partial charge in [-0.3, -0.25) is 0 Å². The Morgan fingerprint density at radius 1 is 1.04 bits per heavy atom. The number of hydrogen-bond acceptors (Lipinski definition) is 3. The molecule has 8 heteroatoms. The third-order valence-corrected chi connectivity index (χ3v) is 4.98. The molecule has 0 radical (unpaired) electrons. The molecule has 2 rings (SSSR count). The number of sulfonamides is 1. The van der Waals surface area contributed by atoms with Crippen LogP contribution >= 0.6 is 0 Å². The number of hydrogen-bond donors (Lipinski definition) is 0. The average molecular weight is 385 g/mol. The molecule has 0 aromatic heterocycles. The molecule has 0 aliphatic heterocycles. The van der Waals surface area contributed by atoms with E-state index in [2.05, 4.69) is 4.74 Å². The molecule has 0 saturated carbocycles. The smallest absolute Gasteiger partial charge is 0.406 e. The Hall–Kier alpha value is -2.32. The zero-order valence-electron chi connectivity index (χ0n) is 14.2. The van der Waals surface area contributed by atoms with E-state index in [1.807, 2.05) is 19.1 Å². The van der Waals surface area contributed by atoms with Crippen molar-refractivity contribution in [3.05, 3.63) is 70.6 Å². The molecule has 0 aliphatic carbocycles. The minimum atomic E-state index is -4.76. The lowest BCUT2D eigenvalue weighted by molar-refractivity contribution is -0.274. The van der Waals surface area contributed by atoms with Crippen LogP contribution in [0.5, 0.6) is 5.75 Å². The molecule has 2 aromatic carbocycles. The van der Waals surface area contributed by atoms with E-state index in [9.17, 15) is 21.6 Å². The monoisotopic (exact) mass is 385 g/mol. The SMILES string of the molecule is Cc1ccc(C=CS(=O)(=O)N(C)Cc2ccc(OC(F)(F)F)cc2)cc1. The standard InChI is InChI=1S/C18H18F3NO3S/c1-14-3-5-15(6-4-14)11-12-26(23,24)22(2)13-16-7-9-17(10-8-16)25-18(19,20)21/h3-12H,13H2,1-2H3. The van der Waals surface area contributed by atoms with Crippen molar-refractivity contribution in [3.63, 3.8) is 0 Å². The van der Waals surface area contributed by atoms with Crippen molar-refractivity contribution in [2.75, 3.05) is 7.05 Å². The average Bonchev–Trinajstić information content (AvgIpc) is 2.55.